The monoisotopic (exact) mass is 368 g/mol. The SMILES string of the molecule is CCOCc1cc(C(=O)Nc2ccc(N3CCCC3=O)cc2)ccc1OC. The van der Waals surface area contributed by atoms with Gasteiger partial charge in [0.1, 0.15) is 5.75 Å². The average Bonchev–Trinajstić information content (AvgIpc) is 3.12. The first-order valence-corrected chi connectivity index (χ1v) is 9.09. The van der Waals surface area contributed by atoms with Gasteiger partial charge in [-0.15, -0.1) is 0 Å². The lowest BCUT2D eigenvalue weighted by Crippen LogP contribution is -2.23. The minimum atomic E-state index is -0.208. The third-order valence-electron chi connectivity index (χ3n) is 4.51. The van der Waals surface area contributed by atoms with Gasteiger partial charge < -0.3 is 19.7 Å². The average molecular weight is 368 g/mol. The molecular weight excluding hydrogens is 344 g/mol. The fourth-order valence-electron chi connectivity index (χ4n) is 3.09. The van der Waals surface area contributed by atoms with Crippen LogP contribution in [0.3, 0.4) is 0 Å². The van der Waals surface area contributed by atoms with Crippen LogP contribution in [-0.4, -0.2) is 32.1 Å². The molecule has 0 spiro atoms. The quantitative estimate of drug-likeness (QED) is 0.811. The second kappa shape index (κ2) is 8.68. The normalized spacial score (nSPS) is 13.7. The zero-order chi connectivity index (χ0) is 19.2. The van der Waals surface area contributed by atoms with Gasteiger partial charge in [0.25, 0.3) is 5.91 Å². The number of amides is 2. The van der Waals surface area contributed by atoms with E-state index in [-0.39, 0.29) is 11.8 Å². The van der Waals surface area contributed by atoms with Crippen molar-refractivity contribution in [1.82, 2.24) is 0 Å². The molecule has 3 rings (SSSR count). The Labute approximate surface area is 159 Å². The summed E-state index contributed by atoms with van der Waals surface area (Å²) in [5.74, 6) is 0.631. The van der Waals surface area contributed by atoms with Crippen molar-refractivity contribution in [2.45, 2.75) is 26.4 Å². The molecule has 0 aliphatic carbocycles. The minimum absolute atomic E-state index is 0.145. The van der Waals surface area contributed by atoms with Crippen LogP contribution in [0.25, 0.3) is 0 Å². The summed E-state index contributed by atoms with van der Waals surface area (Å²) in [6.45, 7) is 3.65. The van der Waals surface area contributed by atoms with Crippen molar-refractivity contribution in [2.75, 3.05) is 30.5 Å². The standard InChI is InChI=1S/C21H24N2O4/c1-3-27-14-16-13-15(6-11-19(16)26-2)21(25)22-17-7-9-18(10-8-17)23-12-4-5-20(23)24/h6-11,13H,3-5,12,14H2,1-2H3,(H,22,25). The molecule has 0 unspecified atom stereocenters. The van der Waals surface area contributed by atoms with Crippen molar-refractivity contribution in [2.24, 2.45) is 0 Å². The van der Waals surface area contributed by atoms with Crippen LogP contribution < -0.4 is 15.0 Å². The number of nitrogens with zero attached hydrogens (tertiary/aromatic N) is 1. The van der Waals surface area contributed by atoms with Gasteiger partial charge in [0.05, 0.1) is 13.7 Å². The van der Waals surface area contributed by atoms with E-state index >= 15 is 0 Å². The molecule has 0 aromatic heterocycles. The number of methoxy groups -OCH3 is 1. The highest BCUT2D eigenvalue weighted by Gasteiger charge is 2.21. The summed E-state index contributed by atoms with van der Waals surface area (Å²) in [5, 5.41) is 2.88. The largest absolute Gasteiger partial charge is 0.496 e. The molecule has 0 atom stereocenters. The lowest BCUT2D eigenvalue weighted by Gasteiger charge is -2.16. The molecule has 2 aromatic rings. The third-order valence-corrected chi connectivity index (χ3v) is 4.51. The molecule has 1 heterocycles. The molecule has 1 saturated heterocycles. The van der Waals surface area contributed by atoms with Crippen LogP contribution in [-0.2, 0) is 16.1 Å². The predicted molar refractivity (Wildman–Crippen MR) is 104 cm³/mol. The van der Waals surface area contributed by atoms with Crippen LogP contribution in [0.2, 0.25) is 0 Å². The van der Waals surface area contributed by atoms with Crippen LogP contribution in [0, 0.1) is 0 Å². The second-order valence-electron chi connectivity index (χ2n) is 6.31. The van der Waals surface area contributed by atoms with Crippen LogP contribution in [0.15, 0.2) is 42.5 Å². The van der Waals surface area contributed by atoms with Crippen LogP contribution in [0.5, 0.6) is 5.75 Å². The lowest BCUT2D eigenvalue weighted by molar-refractivity contribution is -0.117. The zero-order valence-corrected chi connectivity index (χ0v) is 15.7. The van der Waals surface area contributed by atoms with Gasteiger partial charge >= 0.3 is 0 Å². The van der Waals surface area contributed by atoms with Crippen LogP contribution >= 0.6 is 0 Å². The summed E-state index contributed by atoms with van der Waals surface area (Å²) in [4.78, 5) is 26.2. The smallest absolute Gasteiger partial charge is 0.255 e. The fraction of sp³-hybridized carbons (Fsp3) is 0.333. The summed E-state index contributed by atoms with van der Waals surface area (Å²) in [6, 6.07) is 12.6. The van der Waals surface area contributed by atoms with E-state index < -0.39 is 0 Å². The Bertz CT molecular complexity index is 817. The minimum Gasteiger partial charge on any atom is -0.496 e. The van der Waals surface area contributed by atoms with Crippen molar-refractivity contribution in [3.8, 4) is 5.75 Å². The maximum absolute atomic E-state index is 12.6. The number of carbonyl (C=O) groups is 2. The van der Waals surface area contributed by atoms with Crippen molar-refractivity contribution in [1.29, 1.82) is 0 Å². The summed E-state index contributed by atoms with van der Waals surface area (Å²) < 4.78 is 10.8. The summed E-state index contributed by atoms with van der Waals surface area (Å²) in [5.41, 5.74) is 2.90. The molecular formula is C21H24N2O4. The van der Waals surface area contributed by atoms with E-state index in [1.54, 1.807) is 30.2 Å². The van der Waals surface area contributed by atoms with Gasteiger partial charge in [-0.3, -0.25) is 9.59 Å². The van der Waals surface area contributed by atoms with Crippen molar-refractivity contribution in [3.63, 3.8) is 0 Å². The van der Waals surface area contributed by atoms with E-state index in [1.165, 1.54) is 0 Å². The van der Waals surface area contributed by atoms with Crippen LogP contribution in [0.1, 0.15) is 35.7 Å². The van der Waals surface area contributed by atoms with Crippen molar-refractivity contribution in [3.05, 3.63) is 53.6 Å². The molecule has 2 aromatic carbocycles. The Morgan fingerprint density at radius 1 is 1.19 bits per heavy atom. The molecule has 0 bridgehead atoms. The highest BCUT2D eigenvalue weighted by Crippen LogP contribution is 2.24. The lowest BCUT2D eigenvalue weighted by atomic mass is 10.1. The highest BCUT2D eigenvalue weighted by molar-refractivity contribution is 6.04. The number of benzene rings is 2. The Kier molecular flexibility index (Phi) is 6.08. The van der Waals surface area contributed by atoms with Gasteiger partial charge in [0, 0.05) is 42.1 Å². The summed E-state index contributed by atoms with van der Waals surface area (Å²) >= 11 is 0. The van der Waals surface area contributed by atoms with Gasteiger partial charge in [-0.2, -0.15) is 0 Å². The number of rotatable bonds is 7. The van der Waals surface area contributed by atoms with E-state index in [0.29, 0.717) is 36.6 Å². The third kappa shape index (κ3) is 4.46. The molecule has 6 nitrogen and oxygen atoms in total. The molecule has 1 aliphatic heterocycles. The van der Waals surface area contributed by atoms with Gasteiger partial charge in [-0.1, -0.05) is 0 Å². The number of ether oxygens (including phenoxy) is 2. The number of nitrogens with one attached hydrogen (secondary N) is 1. The van der Waals surface area contributed by atoms with E-state index in [2.05, 4.69) is 5.32 Å². The molecule has 1 fully saturated rings. The molecule has 27 heavy (non-hydrogen) atoms. The Morgan fingerprint density at radius 3 is 2.59 bits per heavy atom. The van der Waals surface area contributed by atoms with E-state index in [9.17, 15) is 9.59 Å². The first kappa shape index (κ1) is 18.9. The predicted octanol–water partition coefficient (Wildman–Crippen LogP) is 3.61. The van der Waals surface area contributed by atoms with Gasteiger partial charge in [0.15, 0.2) is 0 Å². The van der Waals surface area contributed by atoms with Gasteiger partial charge in [-0.05, 0) is 55.8 Å². The molecule has 1 aliphatic rings. The fourth-order valence-corrected chi connectivity index (χ4v) is 3.09. The zero-order valence-electron chi connectivity index (χ0n) is 15.7. The molecule has 142 valence electrons. The molecule has 0 saturated carbocycles. The first-order valence-electron chi connectivity index (χ1n) is 9.09. The van der Waals surface area contributed by atoms with E-state index in [1.807, 2.05) is 31.2 Å². The van der Waals surface area contributed by atoms with Gasteiger partial charge in [0.2, 0.25) is 5.91 Å². The highest BCUT2D eigenvalue weighted by atomic mass is 16.5. The van der Waals surface area contributed by atoms with E-state index in [4.69, 9.17) is 9.47 Å². The van der Waals surface area contributed by atoms with Crippen LogP contribution in [0.4, 0.5) is 11.4 Å². The van der Waals surface area contributed by atoms with Crippen molar-refractivity contribution < 1.29 is 19.1 Å². The van der Waals surface area contributed by atoms with Crippen molar-refractivity contribution >= 4 is 23.2 Å². The second-order valence-corrected chi connectivity index (χ2v) is 6.31. The Morgan fingerprint density at radius 2 is 1.96 bits per heavy atom. The number of carbonyl (C=O) groups excluding carboxylic acids is 2. The number of hydrogen-bond donors (Lipinski definition) is 1. The van der Waals surface area contributed by atoms with E-state index in [0.717, 1.165) is 24.2 Å². The molecule has 1 N–H and O–H groups in total. The Hall–Kier alpha value is -2.86. The molecule has 6 heteroatoms. The number of hydrogen-bond acceptors (Lipinski definition) is 4. The Balaban J connectivity index is 1.70. The summed E-state index contributed by atoms with van der Waals surface area (Å²) in [7, 11) is 1.59. The van der Waals surface area contributed by atoms with Gasteiger partial charge in [-0.25, -0.2) is 0 Å². The summed E-state index contributed by atoms with van der Waals surface area (Å²) in [6.07, 6.45) is 1.49. The molecule has 2 amide bonds. The number of anilines is 2. The topological polar surface area (TPSA) is 67.9 Å². The maximum Gasteiger partial charge on any atom is 0.255 e. The first-order chi connectivity index (χ1) is 13.1. The molecule has 0 radical (unpaired) electrons. The maximum atomic E-state index is 12.6.